The molecular weight excluding hydrogens is 388 g/mol. The van der Waals surface area contributed by atoms with Crippen LogP contribution in [0.1, 0.15) is 65.1 Å². The van der Waals surface area contributed by atoms with E-state index in [1.165, 1.54) is 16.6 Å². The van der Waals surface area contributed by atoms with Crippen molar-refractivity contribution >= 4 is 39.2 Å². The Balaban J connectivity index is 1.72. The highest BCUT2D eigenvalue weighted by Gasteiger charge is 2.38. The molecule has 0 saturated carbocycles. The van der Waals surface area contributed by atoms with Crippen LogP contribution in [0.4, 0.5) is 0 Å². The number of rotatable bonds is 5. The summed E-state index contributed by atoms with van der Waals surface area (Å²) < 4.78 is 0. The van der Waals surface area contributed by atoms with Crippen LogP contribution in [0, 0.1) is 6.92 Å². The Morgan fingerprint density at radius 3 is 2.57 bits per heavy atom. The second kappa shape index (κ2) is 7.92. The zero-order chi connectivity index (χ0) is 20.7. The van der Waals surface area contributed by atoms with Crippen LogP contribution in [-0.4, -0.2) is 38.2 Å². The maximum absolute atomic E-state index is 12.9. The van der Waals surface area contributed by atoms with Gasteiger partial charge in [0.1, 0.15) is 15.7 Å². The number of nitrogens with one attached hydrogen (secondary N) is 2. The topological polar surface area (TPSA) is 66.9 Å². The minimum Gasteiger partial charge on any atom is -0.352 e. The quantitative estimate of drug-likeness (QED) is 0.552. The third-order valence-corrected chi connectivity index (χ3v) is 7.34. The lowest BCUT2D eigenvalue weighted by molar-refractivity contribution is -0.121. The molecule has 1 aliphatic heterocycles. The highest BCUT2D eigenvalue weighted by Crippen LogP contribution is 2.34. The van der Waals surface area contributed by atoms with E-state index in [0.717, 1.165) is 40.3 Å². The first kappa shape index (κ1) is 21.5. The number of thiophene rings is 1. The summed E-state index contributed by atoms with van der Waals surface area (Å²) in [6.07, 6.45) is 2.85. The monoisotopic (exact) mass is 420 g/mol. The first-order valence-corrected chi connectivity index (χ1v) is 11.7. The fourth-order valence-corrected chi connectivity index (χ4v) is 6.33. The highest BCUT2D eigenvalue weighted by atomic mass is 32.2. The number of hydrogen-bond acceptors (Lipinski definition) is 6. The van der Waals surface area contributed by atoms with Gasteiger partial charge in [0.25, 0.3) is 0 Å². The first-order chi connectivity index (χ1) is 13.0. The molecule has 0 aliphatic carbocycles. The van der Waals surface area contributed by atoms with Gasteiger partial charge in [-0.15, -0.1) is 11.3 Å². The molecule has 2 aromatic rings. The molecule has 7 heteroatoms. The van der Waals surface area contributed by atoms with Crippen molar-refractivity contribution in [1.29, 1.82) is 0 Å². The summed E-state index contributed by atoms with van der Waals surface area (Å²) in [5.41, 5.74) is 0.0263. The average Bonchev–Trinajstić information content (AvgIpc) is 2.94. The third-order valence-electron chi connectivity index (χ3n) is 5.06. The van der Waals surface area contributed by atoms with Crippen molar-refractivity contribution < 1.29 is 4.79 Å². The van der Waals surface area contributed by atoms with Gasteiger partial charge < -0.3 is 10.6 Å². The van der Waals surface area contributed by atoms with E-state index in [1.807, 2.05) is 13.8 Å². The summed E-state index contributed by atoms with van der Waals surface area (Å²) in [6.45, 7) is 14.8. The molecule has 0 spiro atoms. The van der Waals surface area contributed by atoms with Crippen LogP contribution in [0.25, 0.3) is 10.2 Å². The Labute approximate surface area is 176 Å². The summed E-state index contributed by atoms with van der Waals surface area (Å²) in [7, 11) is 0. The van der Waals surface area contributed by atoms with Gasteiger partial charge in [0.15, 0.2) is 0 Å². The molecule has 154 valence electrons. The molecule has 0 aromatic carbocycles. The Kier molecular flexibility index (Phi) is 6.09. The molecule has 2 N–H and O–H groups in total. The minimum absolute atomic E-state index is 0.0131. The number of hydrogen-bond donors (Lipinski definition) is 2. The number of aromatic nitrogens is 2. The molecule has 5 nitrogen and oxygen atoms in total. The minimum atomic E-state index is -0.205. The lowest BCUT2D eigenvalue weighted by Gasteiger charge is -2.46. The molecular formula is C21H32N4OS2. The average molecular weight is 421 g/mol. The Morgan fingerprint density at radius 2 is 1.96 bits per heavy atom. The lowest BCUT2D eigenvalue weighted by Crippen LogP contribution is -2.62. The molecule has 3 heterocycles. The van der Waals surface area contributed by atoms with Crippen molar-refractivity contribution in [1.82, 2.24) is 20.6 Å². The van der Waals surface area contributed by atoms with Crippen molar-refractivity contribution in [2.45, 2.75) is 95.1 Å². The van der Waals surface area contributed by atoms with E-state index in [0.29, 0.717) is 0 Å². The fourth-order valence-electron chi connectivity index (χ4n) is 4.27. The van der Waals surface area contributed by atoms with E-state index >= 15 is 0 Å². The molecule has 1 saturated heterocycles. The van der Waals surface area contributed by atoms with Crippen molar-refractivity contribution in [2.24, 2.45) is 0 Å². The van der Waals surface area contributed by atoms with Crippen molar-refractivity contribution in [2.75, 3.05) is 0 Å². The summed E-state index contributed by atoms with van der Waals surface area (Å²) in [6, 6.07) is 2.35. The van der Waals surface area contributed by atoms with Crippen LogP contribution in [0.2, 0.25) is 0 Å². The van der Waals surface area contributed by atoms with E-state index in [2.05, 4.69) is 61.3 Å². The van der Waals surface area contributed by atoms with Gasteiger partial charge in [-0.25, -0.2) is 9.97 Å². The first-order valence-electron chi connectivity index (χ1n) is 10.0. The number of carbonyl (C=O) groups excluding carboxylic acids is 1. The van der Waals surface area contributed by atoms with Crippen LogP contribution in [0.5, 0.6) is 0 Å². The standard InChI is InChI=1S/C21H32N4OS2/c1-8-15-9-16-18(22-13(3)23-19(16)28-15)27-12(2)17(26)24-14-10-20(4,5)25-21(6,7)11-14/h9,12,14,25H,8,10-11H2,1-7H3,(H,24,26). The zero-order valence-corrected chi connectivity index (χ0v) is 19.6. The van der Waals surface area contributed by atoms with Crippen molar-refractivity contribution in [3.05, 3.63) is 16.8 Å². The van der Waals surface area contributed by atoms with Crippen LogP contribution in [-0.2, 0) is 11.2 Å². The number of nitrogens with zero attached hydrogens (tertiary/aromatic N) is 2. The van der Waals surface area contributed by atoms with E-state index in [4.69, 9.17) is 0 Å². The van der Waals surface area contributed by atoms with E-state index in [-0.39, 0.29) is 28.3 Å². The Bertz CT molecular complexity index is 859. The summed E-state index contributed by atoms with van der Waals surface area (Å²) in [5, 5.41) is 8.73. The normalized spacial score (nSPS) is 20.2. The molecule has 28 heavy (non-hydrogen) atoms. The van der Waals surface area contributed by atoms with E-state index in [9.17, 15) is 4.79 Å². The predicted octanol–water partition coefficient (Wildman–Crippen LogP) is 4.47. The van der Waals surface area contributed by atoms with E-state index in [1.54, 1.807) is 11.3 Å². The van der Waals surface area contributed by atoms with E-state index < -0.39 is 0 Å². The number of fused-ring (bicyclic) bond motifs is 1. The predicted molar refractivity (Wildman–Crippen MR) is 119 cm³/mol. The van der Waals surface area contributed by atoms with Crippen LogP contribution in [0.15, 0.2) is 11.1 Å². The van der Waals surface area contributed by atoms with Gasteiger partial charge >= 0.3 is 0 Å². The number of thioether (sulfide) groups is 1. The maximum Gasteiger partial charge on any atom is 0.233 e. The number of aryl methyl sites for hydroxylation is 2. The molecule has 3 rings (SSSR count). The van der Waals surface area contributed by atoms with Gasteiger partial charge in [-0.1, -0.05) is 18.7 Å². The molecule has 1 amide bonds. The summed E-state index contributed by atoms with van der Waals surface area (Å²) in [5.74, 6) is 0.841. The van der Waals surface area contributed by atoms with Gasteiger partial charge in [-0.3, -0.25) is 4.79 Å². The molecule has 1 atom stereocenters. The van der Waals surface area contributed by atoms with Gasteiger partial charge in [0, 0.05) is 27.4 Å². The number of piperidine rings is 1. The smallest absolute Gasteiger partial charge is 0.233 e. The molecule has 0 radical (unpaired) electrons. The van der Waals surface area contributed by atoms with Gasteiger partial charge in [-0.05, 0) is 66.9 Å². The van der Waals surface area contributed by atoms with Crippen LogP contribution in [0.3, 0.4) is 0 Å². The second-order valence-corrected chi connectivity index (χ2v) is 11.6. The Hall–Kier alpha value is -1.18. The second-order valence-electron chi connectivity index (χ2n) is 9.13. The summed E-state index contributed by atoms with van der Waals surface area (Å²) >= 11 is 3.25. The van der Waals surface area contributed by atoms with Crippen LogP contribution >= 0.6 is 23.1 Å². The fraction of sp³-hybridized carbons (Fsp3) is 0.667. The Morgan fingerprint density at radius 1 is 1.32 bits per heavy atom. The van der Waals surface area contributed by atoms with Gasteiger partial charge in [-0.2, -0.15) is 0 Å². The van der Waals surface area contributed by atoms with Crippen molar-refractivity contribution in [3.63, 3.8) is 0 Å². The molecule has 0 bridgehead atoms. The maximum atomic E-state index is 12.9. The lowest BCUT2D eigenvalue weighted by atomic mass is 9.79. The highest BCUT2D eigenvalue weighted by molar-refractivity contribution is 8.00. The summed E-state index contributed by atoms with van der Waals surface area (Å²) in [4.78, 5) is 24.4. The van der Waals surface area contributed by atoms with Crippen LogP contribution < -0.4 is 10.6 Å². The number of carbonyl (C=O) groups is 1. The molecule has 1 aliphatic rings. The largest absolute Gasteiger partial charge is 0.352 e. The molecule has 1 fully saturated rings. The van der Waals surface area contributed by atoms with Gasteiger partial charge in [0.2, 0.25) is 5.91 Å². The molecule has 1 unspecified atom stereocenters. The number of amides is 1. The SMILES string of the molecule is CCc1cc2c(SC(C)C(=O)NC3CC(C)(C)NC(C)(C)C3)nc(C)nc2s1. The third kappa shape index (κ3) is 5.05. The van der Waals surface area contributed by atoms with Crippen molar-refractivity contribution in [3.8, 4) is 0 Å². The van der Waals surface area contributed by atoms with Gasteiger partial charge in [0.05, 0.1) is 5.25 Å². The zero-order valence-electron chi connectivity index (χ0n) is 18.0. The molecule has 2 aromatic heterocycles.